The minimum atomic E-state index is -3.46. The van der Waals surface area contributed by atoms with Crippen molar-refractivity contribution in [3.8, 4) is 0 Å². The first-order valence-electron chi connectivity index (χ1n) is 7.71. The van der Waals surface area contributed by atoms with Gasteiger partial charge in [0.1, 0.15) is 5.82 Å². The zero-order chi connectivity index (χ0) is 18.3. The van der Waals surface area contributed by atoms with Crippen LogP contribution in [0.1, 0.15) is 17.7 Å². The highest BCUT2D eigenvalue weighted by Crippen LogP contribution is 2.07. The van der Waals surface area contributed by atoms with E-state index in [2.05, 4.69) is 10.3 Å². The zero-order valence-electron chi connectivity index (χ0n) is 13.9. The number of halogens is 1. The molecule has 1 aromatic carbocycles. The summed E-state index contributed by atoms with van der Waals surface area (Å²) in [6.45, 7) is 0.438. The summed E-state index contributed by atoms with van der Waals surface area (Å²) >= 11 is 0. The topological polar surface area (TPSA) is 79.4 Å². The third kappa shape index (κ3) is 6.60. The Bertz CT molecular complexity index is 796. The number of benzene rings is 1. The van der Waals surface area contributed by atoms with Crippen LogP contribution in [0.3, 0.4) is 0 Å². The molecule has 0 aliphatic carbocycles. The molecule has 6 nitrogen and oxygen atoms in total. The summed E-state index contributed by atoms with van der Waals surface area (Å²) in [6.07, 6.45) is 2.72. The first kappa shape index (κ1) is 19.0. The first-order chi connectivity index (χ1) is 11.8. The molecule has 8 heteroatoms. The van der Waals surface area contributed by atoms with Gasteiger partial charge < -0.3 is 5.32 Å². The largest absolute Gasteiger partial charge is 0.352 e. The second-order valence-electron chi connectivity index (χ2n) is 5.57. The Morgan fingerprint density at radius 3 is 2.52 bits per heavy atom. The predicted octanol–water partition coefficient (Wildman–Crippen LogP) is 1.69. The highest BCUT2D eigenvalue weighted by atomic mass is 32.2. The molecule has 1 aromatic heterocycles. The van der Waals surface area contributed by atoms with Crippen molar-refractivity contribution in [3.63, 3.8) is 0 Å². The second kappa shape index (κ2) is 8.68. The van der Waals surface area contributed by atoms with Crippen LogP contribution in [0.2, 0.25) is 0 Å². The van der Waals surface area contributed by atoms with Gasteiger partial charge in [-0.1, -0.05) is 18.2 Å². The molecule has 1 amide bonds. The molecule has 0 saturated carbocycles. The van der Waals surface area contributed by atoms with Crippen LogP contribution in [-0.4, -0.2) is 36.4 Å². The SMILES string of the molecule is CS(=O)(=O)N(CCC(=O)NCc1ccc(F)cc1)Cc1ccccn1. The highest BCUT2D eigenvalue weighted by molar-refractivity contribution is 7.88. The summed E-state index contributed by atoms with van der Waals surface area (Å²) < 4.78 is 37.8. The zero-order valence-corrected chi connectivity index (χ0v) is 14.7. The predicted molar refractivity (Wildman–Crippen MR) is 92.4 cm³/mol. The van der Waals surface area contributed by atoms with Crippen molar-refractivity contribution in [2.75, 3.05) is 12.8 Å². The van der Waals surface area contributed by atoms with E-state index in [1.807, 2.05) is 0 Å². The molecule has 2 aromatic rings. The fourth-order valence-corrected chi connectivity index (χ4v) is 2.94. The maximum atomic E-state index is 12.8. The Labute approximate surface area is 146 Å². The third-order valence-corrected chi connectivity index (χ3v) is 4.77. The number of pyridine rings is 1. The maximum absolute atomic E-state index is 12.8. The lowest BCUT2D eigenvalue weighted by Crippen LogP contribution is -2.34. The van der Waals surface area contributed by atoms with E-state index in [1.165, 1.54) is 16.4 Å². The molecular formula is C17H20FN3O3S. The number of rotatable bonds is 8. The molecule has 0 unspecified atom stereocenters. The minimum absolute atomic E-state index is 0.0289. The first-order valence-corrected chi connectivity index (χ1v) is 9.55. The second-order valence-corrected chi connectivity index (χ2v) is 7.55. The Morgan fingerprint density at radius 2 is 1.92 bits per heavy atom. The van der Waals surface area contributed by atoms with Crippen LogP contribution < -0.4 is 5.32 Å². The summed E-state index contributed by atoms with van der Waals surface area (Å²) in [5, 5.41) is 2.69. The fraction of sp³-hybridized carbons (Fsp3) is 0.294. The van der Waals surface area contributed by atoms with Crippen molar-refractivity contribution in [2.45, 2.75) is 19.5 Å². The van der Waals surface area contributed by atoms with Gasteiger partial charge in [0.05, 0.1) is 18.5 Å². The van der Waals surface area contributed by atoms with Crippen LogP contribution >= 0.6 is 0 Å². The molecule has 0 saturated heterocycles. The molecule has 0 fully saturated rings. The van der Waals surface area contributed by atoms with Gasteiger partial charge in [-0.2, -0.15) is 4.31 Å². The van der Waals surface area contributed by atoms with E-state index in [1.54, 1.807) is 36.5 Å². The molecule has 2 rings (SSSR count). The van der Waals surface area contributed by atoms with E-state index >= 15 is 0 Å². The van der Waals surface area contributed by atoms with Gasteiger partial charge in [0.2, 0.25) is 15.9 Å². The monoisotopic (exact) mass is 365 g/mol. The number of hydrogen-bond acceptors (Lipinski definition) is 4. The number of aromatic nitrogens is 1. The lowest BCUT2D eigenvalue weighted by molar-refractivity contribution is -0.121. The third-order valence-electron chi connectivity index (χ3n) is 3.52. The number of carbonyl (C=O) groups is 1. The fourth-order valence-electron chi connectivity index (χ4n) is 2.15. The summed E-state index contributed by atoms with van der Waals surface area (Å²) in [4.78, 5) is 16.0. The summed E-state index contributed by atoms with van der Waals surface area (Å²) in [5.41, 5.74) is 1.38. The molecule has 134 valence electrons. The van der Waals surface area contributed by atoms with E-state index in [4.69, 9.17) is 0 Å². The van der Waals surface area contributed by atoms with Crippen LogP contribution in [0.4, 0.5) is 4.39 Å². The van der Waals surface area contributed by atoms with Gasteiger partial charge in [-0.3, -0.25) is 9.78 Å². The molecule has 1 heterocycles. The van der Waals surface area contributed by atoms with Crippen LogP contribution in [-0.2, 0) is 27.9 Å². The Kier molecular flexibility index (Phi) is 6.60. The summed E-state index contributed by atoms with van der Waals surface area (Å²) in [7, 11) is -3.46. The lowest BCUT2D eigenvalue weighted by Gasteiger charge is -2.19. The molecule has 0 spiro atoms. The van der Waals surface area contributed by atoms with Gasteiger partial charge >= 0.3 is 0 Å². The Morgan fingerprint density at radius 1 is 1.20 bits per heavy atom. The van der Waals surface area contributed by atoms with Crippen molar-refractivity contribution in [3.05, 3.63) is 65.7 Å². The quantitative estimate of drug-likeness (QED) is 0.772. The average molecular weight is 365 g/mol. The maximum Gasteiger partial charge on any atom is 0.221 e. The normalized spacial score (nSPS) is 11.5. The van der Waals surface area contributed by atoms with Crippen LogP contribution in [0.5, 0.6) is 0 Å². The number of carbonyl (C=O) groups excluding carboxylic acids is 1. The molecular weight excluding hydrogens is 345 g/mol. The molecule has 1 N–H and O–H groups in total. The summed E-state index contributed by atoms with van der Waals surface area (Å²) in [6, 6.07) is 11.1. The molecule has 0 bridgehead atoms. The van der Waals surface area contributed by atoms with Crippen molar-refractivity contribution >= 4 is 15.9 Å². The van der Waals surface area contributed by atoms with Gasteiger partial charge in [0.15, 0.2) is 0 Å². The van der Waals surface area contributed by atoms with Crippen molar-refractivity contribution in [2.24, 2.45) is 0 Å². The number of sulfonamides is 1. The molecule has 25 heavy (non-hydrogen) atoms. The van der Waals surface area contributed by atoms with E-state index in [9.17, 15) is 17.6 Å². The van der Waals surface area contributed by atoms with Crippen molar-refractivity contribution < 1.29 is 17.6 Å². The van der Waals surface area contributed by atoms with Crippen molar-refractivity contribution in [1.82, 2.24) is 14.6 Å². The van der Waals surface area contributed by atoms with Gasteiger partial charge in [-0.05, 0) is 29.8 Å². The Hall–Kier alpha value is -2.32. The van der Waals surface area contributed by atoms with E-state index in [-0.39, 0.29) is 37.8 Å². The van der Waals surface area contributed by atoms with Crippen LogP contribution in [0, 0.1) is 5.82 Å². The van der Waals surface area contributed by atoms with Gasteiger partial charge in [-0.25, -0.2) is 12.8 Å². The molecule has 0 aliphatic rings. The van der Waals surface area contributed by atoms with Crippen LogP contribution in [0.25, 0.3) is 0 Å². The number of nitrogens with one attached hydrogen (secondary N) is 1. The Balaban J connectivity index is 1.87. The van der Waals surface area contributed by atoms with Gasteiger partial charge in [0.25, 0.3) is 0 Å². The number of nitrogens with zero attached hydrogens (tertiary/aromatic N) is 2. The van der Waals surface area contributed by atoms with Crippen molar-refractivity contribution in [1.29, 1.82) is 0 Å². The average Bonchev–Trinajstić information content (AvgIpc) is 2.58. The van der Waals surface area contributed by atoms with Crippen LogP contribution in [0.15, 0.2) is 48.7 Å². The highest BCUT2D eigenvalue weighted by Gasteiger charge is 2.18. The standard InChI is InChI=1S/C17H20FN3O3S/c1-25(23,24)21(13-16-4-2-3-10-19-16)11-9-17(22)20-12-14-5-7-15(18)8-6-14/h2-8,10H,9,11-13H2,1H3,(H,20,22). The molecule has 0 radical (unpaired) electrons. The van der Waals surface area contributed by atoms with E-state index < -0.39 is 10.0 Å². The minimum Gasteiger partial charge on any atom is -0.352 e. The van der Waals surface area contributed by atoms with Gasteiger partial charge in [-0.15, -0.1) is 0 Å². The number of amides is 1. The molecule has 0 atom stereocenters. The van der Waals surface area contributed by atoms with E-state index in [0.717, 1.165) is 11.8 Å². The van der Waals surface area contributed by atoms with E-state index in [0.29, 0.717) is 5.69 Å². The lowest BCUT2D eigenvalue weighted by atomic mass is 10.2. The smallest absolute Gasteiger partial charge is 0.221 e. The van der Waals surface area contributed by atoms with Gasteiger partial charge in [0, 0.05) is 25.7 Å². The number of hydrogen-bond donors (Lipinski definition) is 1. The molecule has 0 aliphatic heterocycles. The summed E-state index contributed by atoms with van der Waals surface area (Å²) in [5.74, 6) is -0.618.